The van der Waals surface area contributed by atoms with E-state index in [0.717, 1.165) is 69.9 Å². The maximum atomic E-state index is 11.3. The van der Waals surface area contributed by atoms with Gasteiger partial charge in [0.2, 0.25) is 0 Å². The summed E-state index contributed by atoms with van der Waals surface area (Å²) in [7, 11) is 7.81. The molecule has 0 bridgehead atoms. The lowest BCUT2D eigenvalue weighted by Crippen LogP contribution is -2.36. The Morgan fingerprint density at radius 3 is 1.94 bits per heavy atom. The summed E-state index contributed by atoms with van der Waals surface area (Å²) in [6, 6.07) is 26.5. The molecule has 12 heteroatoms. The first-order chi connectivity index (χ1) is 24.1. The van der Waals surface area contributed by atoms with Crippen molar-refractivity contribution in [3.05, 3.63) is 89.4 Å². The normalized spacial score (nSPS) is 12.7. The van der Waals surface area contributed by atoms with Crippen LogP contribution in [-0.2, 0) is 9.53 Å². The van der Waals surface area contributed by atoms with E-state index in [2.05, 4.69) is 42.9 Å². The van der Waals surface area contributed by atoms with E-state index >= 15 is 0 Å². The number of ether oxygens (including phenoxy) is 2. The van der Waals surface area contributed by atoms with Gasteiger partial charge in [0.1, 0.15) is 23.1 Å². The van der Waals surface area contributed by atoms with Crippen LogP contribution in [-0.4, -0.2) is 85.5 Å². The number of fused-ring (bicyclic) bond motifs is 2. The molecule has 1 saturated heterocycles. The lowest BCUT2D eigenvalue weighted by molar-refractivity contribution is -0.131. The number of carbonyl (C=O) groups is 1. The number of para-hydroxylation sites is 2. The largest absolute Gasteiger partial charge is 0.507 e. The molecule has 1 N–H and O–H groups in total. The van der Waals surface area contributed by atoms with E-state index in [1.165, 1.54) is 6.92 Å². The highest BCUT2D eigenvalue weighted by Crippen LogP contribution is 2.34. The minimum Gasteiger partial charge on any atom is -0.507 e. The van der Waals surface area contributed by atoms with Crippen LogP contribution in [0.25, 0.3) is 44.6 Å². The number of rotatable bonds is 6. The highest BCUT2D eigenvalue weighted by molar-refractivity contribution is 9.10. The Kier molecular flexibility index (Phi) is 10.4. The second-order valence-electron chi connectivity index (χ2n) is 12.1. The molecular formula is C38H38BrN7O4. The van der Waals surface area contributed by atoms with E-state index < -0.39 is 0 Å². The Labute approximate surface area is 299 Å². The number of phenols is 1. The summed E-state index contributed by atoms with van der Waals surface area (Å²) in [5, 5.41) is 12.1. The maximum absolute atomic E-state index is 11.3. The van der Waals surface area contributed by atoms with Crippen molar-refractivity contribution in [1.82, 2.24) is 19.9 Å². The van der Waals surface area contributed by atoms with Crippen LogP contribution in [0.1, 0.15) is 6.92 Å². The molecule has 7 rings (SSSR count). The number of hydrogen-bond acceptors (Lipinski definition) is 11. The van der Waals surface area contributed by atoms with E-state index in [0.29, 0.717) is 28.5 Å². The molecular weight excluding hydrogens is 698 g/mol. The summed E-state index contributed by atoms with van der Waals surface area (Å²) in [5.41, 5.74) is 4.15. The van der Waals surface area contributed by atoms with Crippen molar-refractivity contribution < 1.29 is 19.4 Å². The Balaban J connectivity index is 0.000000174. The average molecular weight is 737 g/mol. The fourth-order valence-corrected chi connectivity index (χ4v) is 6.04. The number of aromatic nitrogens is 4. The predicted octanol–water partition coefficient (Wildman–Crippen LogP) is 6.96. The van der Waals surface area contributed by atoms with Crippen LogP contribution < -0.4 is 19.4 Å². The van der Waals surface area contributed by atoms with Gasteiger partial charge >= 0.3 is 5.97 Å². The maximum Gasteiger partial charge on any atom is 0.308 e. The third-order valence-electron chi connectivity index (χ3n) is 8.05. The summed E-state index contributed by atoms with van der Waals surface area (Å²) in [6.45, 7) is 4.66. The predicted molar refractivity (Wildman–Crippen MR) is 202 cm³/mol. The highest BCUT2D eigenvalue weighted by Gasteiger charge is 2.18. The zero-order chi connectivity index (χ0) is 35.4. The third-order valence-corrected chi connectivity index (χ3v) is 8.54. The molecule has 0 amide bonds. The monoisotopic (exact) mass is 735 g/mol. The zero-order valence-corrected chi connectivity index (χ0v) is 30.2. The van der Waals surface area contributed by atoms with Gasteiger partial charge in [0.15, 0.2) is 11.6 Å². The van der Waals surface area contributed by atoms with Gasteiger partial charge in [-0.2, -0.15) is 0 Å². The number of nitrogens with zero attached hydrogens (tertiary/aromatic N) is 7. The summed E-state index contributed by atoms with van der Waals surface area (Å²) in [5.74, 6) is 2.94. The fourth-order valence-electron chi connectivity index (χ4n) is 5.68. The summed E-state index contributed by atoms with van der Waals surface area (Å²) in [6.07, 6.45) is 0. The van der Waals surface area contributed by atoms with Gasteiger partial charge < -0.3 is 29.3 Å². The highest BCUT2D eigenvalue weighted by atomic mass is 79.9. The van der Waals surface area contributed by atoms with Crippen molar-refractivity contribution >= 4 is 61.0 Å². The Morgan fingerprint density at radius 2 is 1.32 bits per heavy atom. The zero-order valence-electron chi connectivity index (χ0n) is 28.6. The molecule has 4 aromatic carbocycles. The average Bonchev–Trinajstić information content (AvgIpc) is 3.11. The molecule has 3 heterocycles. The molecule has 1 fully saturated rings. The van der Waals surface area contributed by atoms with Gasteiger partial charge in [-0.3, -0.25) is 4.79 Å². The van der Waals surface area contributed by atoms with E-state index in [1.54, 1.807) is 18.2 Å². The van der Waals surface area contributed by atoms with Crippen LogP contribution in [0.15, 0.2) is 89.4 Å². The number of anilines is 3. The molecule has 1 aliphatic rings. The SMILES string of the molecule is CC(=O)Oc1ccccc1-c1nc(N(C)C)c2cc(Br)ccc2n1.CN(C)c1nc(-c2ccccc2O)nc2ccc(N3CCOCC3)cc12. The van der Waals surface area contributed by atoms with Crippen LogP contribution in [0, 0.1) is 0 Å². The van der Waals surface area contributed by atoms with Gasteiger partial charge in [0.25, 0.3) is 0 Å². The molecule has 0 spiro atoms. The number of benzene rings is 4. The first-order valence-electron chi connectivity index (χ1n) is 16.1. The van der Waals surface area contributed by atoms with Crippen LogP contribution in [0.2, 0.25) is 0 Å². The molecule has 50 heavy (non-hydrogen) atoms. The number of esters is 1. The van der Waals surface area contributed by atoms with Crippen molar-refractivity contribution in [3.63, 3.8) is 0 Å². The second-order valence-corrected chi connectivity index (χ2v) is 13.0. The van der Waals surface area contributed by atoms with Crippen LogP contribution >= 0.6 is 15.9 Å². The van der Waals surface area contributed by atoms with E-state index in [-0.39, 0.29) is 11.7 Å². The Bertz CT molecular complexity index is 2170. The number of morpholine rings is 1. The third kappa shape index (κ3) is 7.61. The summed E-state index contributed by atoms with van der Waals surface area (Å²) < 4.78 is 11.7. The molecule has 11 nitrogen and oxygen atoms in total. The lowest BCUT2D eigenvalue weighted by Gasteiger charge is -2.29. The van der Waals surface area contributed by atoms with Crippen molar-refractivity contribution in [2.75, 3.05) is 69.2 Å². The molecule has 2 aromatic heterocycles. The number of carbonyl (C=O) groups excluding carboxylic acids is 1. The quantitative estimate of drug-likeness (QED) is 0.141. The first-order valence-corrected chi connectivity index (χ1v) is 16.9. The van der Waals surface area contributed by atoms with Gasteiger partial charge in [0.05, 0.1) is 35.4 Å². The van der Waals surface area contributed by atoms with Gasteiger partial charge in [0, 0.05) is 69.1 Å². The molecule has 0 aliphatic carbocycles. The molecule has 0 unspecified atom stereocenters. The van der Waals surface area contributed by atoms with Gasteiger partial charge in [-0.05, 0) is 60.7 Å². The standard InChI is InChI=1S/C20H22N4O2.C18H16BrN3O2/c1-23(2)20-16-13-14(24-9-11-26-12-10-24)7-8-17(16)21-19(22-20)15-5-3-4-6-18(15)25;1-11(23)24-16-7-5-4-6-13(16)17-20-15-9-8-12(19)10-14(15)18(21-17)22(2)3/h3-8,13,25H,9-12H2,1-2H3;4-10H,1-3H3. The molecule has 0 radical (unpaired) electrons. The lowest BCUT2D eigenvalue weighted by atomic mass is 10.1. The molecule has 6 aromatic rings. The molecule has 1 aliphatic heterocycles. The Hall–Kier alpha value is -5.33. The second kappa shape index (κ2) is 15.1. The van der Waals surface area contributed by atoms with Gasteiger partial charge in [-0.25, -0.2) is 19.9 Å². The van der Waals surface area contributed by atoms with E-state index in [9.17, 15) is 9.90 Å². The van der Waals surface area contributed by atoms with Crippen LogP contribution in [0.5, 0.6) is 11.5 Å². The smallest absolute Gasteiger partial charge is 0.308 e. The molecule has 0 atom stereocenters. The van der Waals surface area contributed by atoms with E-state index in [4.69, 9.17) is 19.4 Å². The van der Waals surface area contributed by atoms with Crippen LogP contribution in [0.3, 0.4) is 0 Å². The van der Waals surface area contributed by atoms with E-state index in [1.807, 2.05) is 92.6 Å². The number of hydrogen-bond donors (Lipinski definition) is 1. The minimum atomic E-state index is -0.375. The fraction of sp³-hybridized carbons (Fsp3) is 0.237. The Morgan fingerprint density at radius 1 is 0.760 bits per heavy atom. The van der Waals surface area contributed by atoms with Crippen molar-refractivity contribution in [2.45, 2.75) is 6.92 Å². The van der Waals surface area contributed by atoms with Gasteiger partial charge in [-0.1, -0.05) is 40.2 Å². The minimum absolute atomic E-state index is 0.182. The topological polar surface area (TPSA) is 117 Å². The van der Waals surface area contributed by atoms with Crippen molar-refractivity contribution in [1.29, 1.82) is 0 Å². The van der Waals surface area contributed by atoms with Crippen molar-refractivity contribution in [2.24, 2.45) is 0 Å². The number of aromatic hydroxyl groups is 1. The van der Waals surface area contributed by atoms with Gasteiger partial charge in [-0.15, -0.1) is 0 Å². The van der Waals surface area contributed by atoms with Crippen molar-refractivity contribution in [3.8, 4) is 34.3 Å². The molecule has 256 valence electrons. The summed E-state index contributed by atoms with van der Waals surface area (Å²) >= 11 is 3.49. The van der Waals surface area contributed by atoms with Crippen LogP contribution in [0.4, 0.5) is 17.3 Å². The number of halogens is 1. The first kappa shape index (κ1) is 34.5. The number of phenolic OH excluding ortho intramolecular Hbond substituents is 1. The summed E-state index contributed by atoms with van der Waals surface area (Å²) in [4.78, 5) is 36.3. The molecule has 0 saturated carbocycles.